The van der Waals surface area contributed by atoms with Crippen LogP contribution in [0.5, 0.6) is 0 Å². The van der Waals surface area contributed by atoms with Crippen molar-refractivity contribution in [1.82, 2.24) is 25.1 Å². The first kappa shape index (κ1) is 28.0. The lowest BCUT2D eigenvalue weighted by Crippen LogP contribution is -2.49. The van der Waals surface area contributed by atoms with Crippen LogP contribution in [-0.4, -0.2) is 70.4 Å². The Kier molecular flexibility index (Phi) is 8.16. The lowest BCUT2D eigenvalue weighted by atomic mass is 10.1. The number of pyridine rings is 2. The number of nitrogens with one attached hydrogen (secondary N) is 1. The van der Waals surface area contributed by atoms with Crippen molar-refractivity contribution in [3.05, 3.63) is 75.6 Å². The van der Waals surface area contributed by atoms with E-state index in [0.29, 0.717) is 43.9 Å². The van der Waals surface area contributed by atoms with Gasteiger partial charge in [0.05, 0.1) is 35.8 Å². The highest BCUT2D eigenvalue weighted by atomic mass is 19.4. The number of ether oxygens (including phenoxy) is 1. The Hall–Kier alpha value is -4.51. The standard InChI is InChI=1S/C27H27F3N8O3/c28-27(29,30)24-20(15-34-35-26(24)40)38-16-19-3-1-7-32-25(19)21(38)17-41-12-2-4-23(39)37-10-8-36(9-11-37)22-6-5-18(13-31)14-33-22/h1,3,5-7,14-15,21H,2,4,8-12,16-17H2,(H,35,40). The third-order valence-electron chi connectivity index (χ3n) is 7.18. The Morgan fingerprint density at radius 1 is 1.15 bits per heavy atom. The van der Waals surface area contributed by atoms with Gasteiger partial charge in [-0.3, -0.25) is 14.6 Å². The van der Waals surface area contributed by atoms with Crippen LogP contribution in [0.25, 0.3) is 0 Å². The second kappa shape index (κ2) is 11.9. The minimum absolute atomic E-state index is 0.0000491. The van der Waals surface area contributed by atoms with Crippen molar-refractivity contribution in [2.45, 2.75) is 31.6 Å². The average Bonchev–Trinajstić information content (AvgIpc) is 3.34. The molecule has 14 heteroatoms. The van der Waals surface area contributed by atoms with E-state index in [1.807, 2.05) is 11.2 Å². The molecule has 0 spiro atoms. The zero-order valence-electron chi connectivity index (χ0n) is 22.0. The summed E-state index contributed by atoms with van der Waals surface area (Å²) in [7, 11) is 0. The largest absolute Gasteiger partial charge is 0.423 e. The van der Waals surface area contributed by atoms with Crippen LogP contribution in [0.15, 0.2) is 47.7 Å². The summed E-state index contributed by atoms with van der Waals surface area (Å²) in [6, 6.07) is 8.37. The first-order chi connectivity index (χ1) is 19.8. The van der Waals surface area contributed by atoms with E-state index in [2.05, 4.69) is 20.0 Å². The highest BCUT2D eigenvalue weighted by Gasteiger charge is 2.42. The molecule has 1 atom stereocenters. The van der Waals surface area contributed by atoms with Crippen LogP contribution in [0.2, 0.25) is 0 Å². The van der Waals surface area contributed by atoms with Crippen LogP contribution < -0.4 is 15.4 Å². The number of hydrogen-bond donors (Lipinski definition) is 1. The molecule has 0 aliphatic carbocycles. The second-order valence-electron chi connectivity index (χ2n) is 9.71. The van der Waals surface area contributed by atoms with Gasteiger partial charge in [0, 0.05) is 58.1 Å². The SMILES string of the molecule is N#Cc1ccc(N2CCN(C(=O)CCCOCC3c4ncccc4CN3c3cn[nH]c(=O)c3C(F)(F)F)CC2)nc1. The molecule has 0 aromatic carbocycles. The van der Waals surface area contributed by atoms with Gasteiger partial charge in [-0.25, -0.2) is 10.1 Å². The Bertz CT molecular complexity index is 1480. The van der Waals surface area contributed by atoms with Gasteiger partial charge in [0.25, 0.3) is 5.56 Å². The minimum Gasteiger partial charge on any atom is -0.379 e. The smallest absolute Gasteiger partial charge is 0.379 e. The molecule has 41 heavy (non-hydrogen) atoms. The summed E-state index contributed by atoms with van der Waals surface area (Å²) in [6.45, 7) is 2.73. The first-order valence-corrected chi connectivity index (χ1v) is 13.1. The minimum atomic E-state index is -4.87. The first-order valence-electron chi connectivity index (χ1n) is 13.1. The number of hydrogen-bond acceptors (Lipinski definition) is 9. The Balaban J connectivity index is 1.14. The molecule has 1 N–H and O–H groups in total. The maximum Gasteiger partial charge on any atom is 0.423 e. The van der Waals surface area contributed by atoms with E-state index in [9.17, 15) is 22.8 Å². The molecule has 214 valence electrons. The van der Waals surface area contributed by atoms with Gasteiger partial charge in [-0.05, 0) is 30.2 Å². The average molecular weight is 569 g/mol. The number of nitrogens with zero attached hydrogens (tertiary/aromatic N) is 7. The fraction of sp³-hybridized carbons (Fsp3) is 0.407. The van der Waals surface area contributed by atoms with Gasteiger partial charge in [-0.15, -0.1) is 0 Å². The molecule has 5 heterocycles. The molecular formula is C27H27F3N8O3. The number of carbonyl (C=O) groups excluding carboxylic acids is 1. The molecule has 0 saturated carbocycles. The Morgan fingerprint density at radius 3 is 2.66 bits per heavy atom. The molecule has 1 fully saturated rings. The molecular weight excluding hydrogens is 541 g/mol. The summed E-state index contributed by atoms with van der Waals surface area (Å²) < 4.78 is 47.1. The van der Waals surface area contributed by atoms with Gasteiger partial charge < -0.3 is 19.4 Å². The lowest BCUT2D eigenvalue weighted by Gasteiger charge is -2.35. The molecule has 1 saturated heterocycles. The lowest BCUT2D eigenvalue weighted by molar-refractivity contribution is -0.138. The van der Waals surface area contributed by atoms with Crippen molar-refractivity contribution in [2.75, 3.05) is 49.2 Å². The number of rotatable bonds is 8. The molecule has 2 aliphatic heterocycles. The van der Waals surface area contributed by atoms with E-state index >= 15 is 0 Å². The highest BCUT2D eigenvalue weighted by Crippen LogP contribution is 2.41. The van der Waals surface area contributed by atoms with Crippen molar-refractivity contribution < 1.29 is 22.7 Å². The van der Waals surface area contributed by atoms with E-state index < -0.39 is 23.3 Å². The zero-order valence-corrected chi connectivity index (χ0v) is 22.0. The highest BCUT2D eigenvalue weighted by molar-refractivity contribution is 5.76. The Labute approximate surface area is 233 Å². The van der Waals surface area contributed by atoms with Crippen LogP contribution in [0, 0.1) is 11.3 Å². The molecule has 3 aromatic heterocycles. The van der Waals surface area contributed by atoms with Crippen LogP contribution in [-0.2, 0) is 22.3 Å². The van der Waals surface area contributed by atoms with Crippen molar-refractivity contribution in [3.63, 3.8) is 0 Å². The molecule has 1 amide bonds. The van der Waals surface area contributed by atoms with Crippen molar-refractivity contribution >= 4 is 17.4 Å². The van der Waals surface area contributed by atoms with Gasteiger partial charge in [0.15, 0.2) is 0 Å². The number of aromatic nitrogens is 4. The molecule has 0 radical (unpaired) electrons. The molecule has 2 aliphatic rings. The van der Waals surface area contributed by atoms with E-state index in [-0.39, 0.29) is 37.8 Å². The number of anilines is 2. The van der Waals surface area contributed by atoms with Crippen molar-refractivity contribution in [3.8, 4) is 6.07 Å². The van der Waals surface area contributed by atoms with Crippen LogP contribution in [0.4, 0.5) is 24.7 Å². The molecule has 0 bridgehead atoms. The number of alkyl halides is 3. The van der Waals surface area contributed by atoms with Gasteiger partial charge in [-0.2, -0.15) is 23.5 Å². The fourth-order valence-electron chi connectivity index (χ4n) is 5.13. The van der Waals surface area contributed by atoms with Gasteiger partial charge >= 0.3 is 6.18 Å². The van der Waals surface area contributed by atoms with Crippen LogP contribution >= 0.6 is 0 Å². The second-order valence-corrected chi connectivity index (χ2v) is 9.71. The summed E-state index contributed by atoms with van der Waals surface area (Å²) >= 11 is 0. The number of amides is 1. The van der Waals surface area contributed by atoms with Crippen molar-refractivity contribution in [1.29, 1.82) is 5.26 Å². The van der Waals surface area contributed by atoms with Gasteiger partial charge in [-0.1, -0.05) is 6.07 Å². The number of fused-ring (bicyclic) bond motifs is 1. The summed E-state index contributed by atoms with van der Waals surface area (Å²) in [5.74, 6) is 0.764. The predicted octanol–water partition coefficient (Wildman–Crippen LogP) is 2.66. The van der Waals surface area contributed by atoms with Gasteiger partial charge in [0.2, 0.25) is 5.91 Å². The topological polar surface area (TPSA) is 131 Å². The van der Waals surface area contributed by atoms with E-state index in [1.165, 1.54) is 11.1 Å². The predicted molar refractivity (Wildman–Crippen MR) is 141 cm³/mol. The van der Waals surface area contributed by atoms with E-state index in [1.54, 1.807) is 35.4 Å². The number of nitriles is 1. The third-order valence-corrected chi connectivity index (χ3v) is 7.18. The summed E-state index contributed by atoms with van der Waals surface area (Å²) in [6.07, 6.45) is -0.0699. The zero-order chi connectivity index (χ0) is 29.0. The number of aromatic amines is 1. The number of H-pyrrole nitrogens is 1. The number of halogens is 3. The quantitative estimate of drug-likeness (QED) is 0.408. The number of carbonyl (C=O) groups is 1. The van der Waals surface area contributed by atoms with Crippen molar-refractivity contribution in [2.24, 2.45) is 0 Å². The molecule has 3 aromatic rings. The third kappa shape index (κ3) is 6.14. The molecule has 5 rings (SSSR count). The summed E-state index contributed by atoms with van der Waals surface area (Å²) in [5, 5.41) is 14.4. The van der Waals surface area contributed by atoms with Crippen LogP contribution in [0.1, 0.15) is 41.3 Å². The summed E-state index contributed by atoms with van der Waals surface area (Å²) in [5.41, 5.74) is -1.16. The van der Waals surface area contributed by atoms with Crippen LogP contribution in [0.3, 0.4) is 0 Å². The van der Waals surface area contributed by atoms with E-state index in [0.717, 1.165) is 17.6 Å². The van der Waals surface area contributed by atoms with Gasteiger partial charge in [0.1, 0.15) is 17.5 Å². The summed E-state index contributed by atoms with van der Waals surface area (Å²) in [4.78, 5) is 38.8. The number of piperazine rings is 1. The molecule has 11 nitrogen and oxygen atoms in total. The van der Waals surface area contributed by atoms with E-state index in [4.69, 9.17) is 10.00 Å². The fourth-order valence-corrected chi connectivity index (χ4v) is 5.13. The monoisotopic (exact) mass is 568 g/mol. The normalized spacial score (nSPS) is 16.9. The maximum atomic E-state index is 13.8. The maximum absolute atomic E-state index is 13.8. The Morgan fingerprint density at radius 2 is 1.95 bits per heavy atom. The molecule has 1 unspecified atom stereocenters.